The van der Waals surface area contributed by atoms with E-state index in [9.17, 15) is 4.39 Å². The van der Waals surface area contributed by atoms with Crippen molar-refractivity contribution in [1.82, 2.24) is 0 Å². The van der Waals surface area contributed by atoms with E-state index in [1.54, 1.807) is 6.07 Å². The number of nitrogens with zero attached hydrogens (tertiary/aromatic N) is 1. The van der Waals surface area contributed by atoms with Gasteiger partial charge in [0.25, 0.3) is 0 Å². The Balaban J connectivity index is 2.12. The van der Waals surface area contributed by atoms with Gasteiger partial charge in [0.15, 0.2) is 0 Å². The Bertz CT molecular complexity index is 392. The van der Waals surface area contributed by atoms with Crippen LogP contribution in [0.3, 0.4) is 0 Å². The van der Waals surface area contributed by atoms with E-state index in [-0.39, 0.29) is 5.82 Å². The largest absolute Gasteiger partial charge is 0.374 e. The second kappa shape index (κ2) is 5.05. The molecule has 0 aromatic heterocycles. The summed E-state index contributed by atoms with van der Waals surface area (Å²) >= 11 is 0. The van der Waals surface area contributed by atoms with Crippen LogP contribution in [0.25, 0.3) is 0 Å². The Labute approximate surface area is 103 Å². The van der Waals surface area contributed by atoms with Crippen LogP contribution in [0.1, 0.15) is 18.9 Å². The first-order valence-electron chi connectivity index (χ1n) is 6.31. The number of nitrogens with two attached hydrogens (primary N) is 1. The van der Waals surface area contributed by atoms with Crippen LogP contribution in [-0.4, -0.2) is 20.1 Å². The Morgan fingerprint density at radius 2 is 2.18 bits per heavy atom. The van der Waals surface area contributed by atoms with Crippen molar-refractivity contribution >= 4 is 5.69 Å². The van der Waals surface area contributed by atoms with Gasteiger partial charge in [-0.25, -0.2) is 4.39 Å². The third kappa shape index (κ3) is 2.97. The molecular formula is C14H21FN2. The summed E-state index contributed by atoms with van der Waals surface area (Å²) in [6, 6.07) is 5.00. The summed E-state index contributed by atoms with van der Waals surface area (Å²) in [5.74, 6) is 1.47. The summed E-state index contributed by atoms with van der Waals surface area (Å²) in [6.07, 6.45) is 2.05. The summed E-state index contributed by atoms with van der Waals surface area (Å²) in [5, 5.41) is 0. The number of rotatable bonds is 5. The smallest absolute Gasteiger partial charge is 0.123 e. The van der Waals surface area contributed by atoms with Crippen LogP contribution in [0.2, 0.25) is 0 Å². The van der Waals surface area contributed by atoms with Gasteiger partial charge in [-0.2, -0.15) is 0 Å². The van der Waals surface area contributed by atoms with E-state index in [1.165, 1.54) is 12.5 Å². The monoisotopic (exact) mass is 236 g/mol. The highest BCUT2D eigenvalue weighted by atomic mass is 19.1. The fourth-order valence-electron chi connectivity index (χ4n) is 2.39. The van der Waals surface area contributed by atoms with Crippen molar-refractivity contribution in [3.63, 3.8) is 0 Å². The van der Waals surface area contributed by atoms with Gasteiger partial charge >= 0.3 is 0 Å². The van der Waals surface area contributed by atoms with Crippen molar-refractivity contribution in [3.05, 3.63) is 29.6 Å². The molecule has 1 aromatic carbocycles. The Morgan fingerprint density at radius 3 is 2.76 bits per heavy atom. The van der Waals surface area contributed by atoms with Crippen LogP contribution in [0.4, 0.5) is 10.1 Å². The van der Waals surface area contributed by atoms with Crippen LogP contribution in [0, 0.1) is 17.7 Å². The van der Waals surface area contributed by atoms with E-state index in [0.29, 0.717) is 6.54 Å². The lowest BCUT2D eigenvalue weighted by atomic mass is 10.1. The number of halogens is 1. The first-order valence-corrected chi connectivity index (χ1v) is 6.31. The van der Waals surface area contributed by atoms with Crippen LogP contribution < -0.4 is 10.6 Å². The molecule has 0 radical (unpaired) electrons. The lowest BCUT2D eigenvalue weighted by Gasteiger charge is -2.22. The maximum Gasteiger partial charge on any atom is 0.123 e. The average Bonchev–Trinajstić information content (AvgIpc) is 2.94. The summed E-state index contributed by atoms with van der Waals surface area (Å²) in [5.41, 5.74) is 7.71. The van der Waals surface area contributed by atoms with E-state index in [2.05, 4.69) is 18.9 Å². The van der Waals surface area contributed by atoms with Crippen LogP contribution >= 0.6 is 0 Å². The predicted octanol–water partition coefficient (Wildman–Crippen LogP) is 2.42. The van der Waals surface area contributed by atoms with Gasteiger partial charge in [-0.05, 0) is 55.0 Å². The first kappa shape index (κ1) is 12.4. The molecule has 2 N–H and O–H groups in total. The van der Waals surface area contributed by atoms with Gasteiger partial charge in [-0.3, -0.25) is 0 Å². The highest BCUT2D eigenvalue weighted by Gasteiger charge is 2.33. The molecule has 2 unspecified atom stereocenters. The maximum atomic E-state index is 13.2. The highest BCUT2D eigenvalue weighted by molar-refractivity contribution is 5.53. The Hall–Kier alpha value is -1.09. The van der Waals surface area contributed by atoms with Crippen molar-refractivity contribution in [1.29, 1.82) is 0 Å². The van der Waals surface area contributed by atoms with Gasteiger partial charge in [0, 0.05) is 19.3 Å². The SMILES string of the molecule is CC1CC1CN(C)c1ccc(F)cc1CCN. The van der Waals surface area contributed by atoms with E-state index in [1.807, 2.05) is 6.07 Å². The van der Waals surface area contributed by atoms with Gasteiger partial charge in [0.05, 0.1) is 0 Å². The van der Waals surface area contributed by atoms with E-state index in [0.717, 1.165) is 36.1 Å². The fourth-order valence-corrected chi connectivity index (χ4v) is 2.39. The lowest BCUT2D eigenvalue weighted by molar-refractivity contribution is 0.624. The molecule has 3 heteroatoms. The number of benzene rings is 1. The average molecular weight is 236 g/mol. The molecule has 1 aliphatic rings. The fraction of sp³-hybridized carbons (Fsp3) is 0.571. The Morgan fingerprint density at radius 1 is 1.47 bits per heavy atom. The molecular weight excluding hydrogens is 215 g/mol. The normalized spacial score (nSPS) is 22.6. The van der Waals surface area contributed by atoms with Crippen LogP contribution in [-0.2, 0) is 6.42 Å². The van der Waals surface area contributed by atoms with Gasteiger partial charge in [0.1, 0.15) is 5.82 Å². The van der Waals surface area contributed by atoms with Gasteiger partial charge in [-0.15, -0.1) is 0 Å². The molecule has 1 aliphatic carbocycles. The van der Waals surface area contributed by atoms with E-state index >= 15 is 0 Å². The summed E-state index contributed by atoms with van der Waals surface area (Å²) in [6.45, 7) is 3.90. The number of hydrogen-bond acceptors (Lipinski definition) is 2. The lowest BCUT2D eigenvalue weighted by Crippen LogP contribution is -2.22. The first-order chi connectivity index (χ1) is 8.11. The molecule has 1 fully saturated rings. The zero-order valence-corrected chi connectivity index (χ0v) is 10.6. The Kier molecular flexibility index (Phi) is 3.67. The number of anilines is 1. The third-order valence-electron chi connectivity index (χ3n) is 3.65. The van der Waals surface area contributed by atoms with Gasteiger partial charge in [0.2, 0.25) is 0 Å². The molecule has 1 saturated carbocycles. The molecule has 2 nitrogen and oxygen atoms in total. The summed E-state index contributed by atoms with van der Waals surface area (Å²) in [7, 11) is 2.08. The molecule has 2 atom stereocenters. The van der Waals surface area contributed by atoms with Gasteiger partial charge in [-0.1, -0.05) is 6.92 Å². The van der Waals surface area contributed by atoms with E-state index < -0.39 is 0 Å². The summed E-state index contributed by atoms with van der Waals surface area (Å²) in [4.78, 5) is 2.23. The van der Waals surface area contributed by atoms with Gasteiger partial charge < -0.3 is 10.6 Å². The van der Waals surface area contributed by atoms with Crippen molar-refractivity contribution in [3.8, 4) is 0 Å². The van der Waals surface area contributed by atoms with Crippen LogP contribution in [0.15, 0.2) is 18.2 Å². The second-order valence-corrected chi connectivity index (χ2v) is 5.17. The highest BCUT2D eigenvalue weighted by Crippen LogP contribution is 2.39. The quantitative estimate of drug-likeness (QED) is 0.850. The van der Waals surface area contributed by atoms with Crippen molar-refractivity contribution in [2.75, 3.05) is 25.0 Å². The third-order valence-corrected chi connectivity index (χ3v) is 3.65. The predicted molar refractivity (Wildman–Crippen MR) is 69.7 cm³/mol. The molecule has 0 spiro atoms. The molecule has 94 valence electrons. The maximum absolute atomic E-state index is 13.2. The van der Waals surface area contributed by atoms with Crippen molar-refractivity contribution in [2.45, 2.75) is 19.8 Å². The molecule has 0 heterocycles. The number of hydrogen-bond donors (Lipinski definition) is 1. The zero-order valence-electron chi connectivity index (χ0n) is 10.6. The standard InChI is InChI=1S/C14H21FN2/c1-10-7-12(10)9-17(2)14-4-3-13(15)8-11(14)5-6-16/h3-4,8,10,12H,5-7,9,16H2,1-2H3. The molecule has 0 aliphatic heterocycles. The van der Waals surface area contributed by atoms with Crippen molar-refractivity contribution in [2.24, 2.45) is 17.6 Å². The minimum Gasteiger partial charge on any atom is -0.374 e. The molecule has 0 amide bonds. The summed E-state index contributed by atoms with van der Waals surface area (Å²) < 4.78 is 13.2. The second-order valence-electron chi connectivity index (χ2n) is 5.17. The molecule has 0 saturated heterocycles. The molecule has 0 bridgehead atoms. The minimum absolute atomic E-state index is 0.176. The van der Waals surface area contributed by atoms with E-state index in [4.69, 9.17) is 5.73 Å². The van der Waals surface area contributed by atoms with Crippen LogP contribution in [0.5, 0.6) is 0 Å². The molecule has 1 aromatic rings. The topological polar surface area (TPSA) is 29.3 Å². The molecule has 17 heavy (non-hydrogen) atoms. The van der Waals surface area contributed by atoms with Crippen molar-refractivity contribution < 1.29 is 4.39 Å². The molecule has 2 rings (SSSR count). The zero-order chi connectivity index (χ0) is 12.4. The minimum atomic E-state index is -0.176.